The molecule has 3 aromatic rings. The number of para-hydroxylation sites is 2. The maximum Gasteiger partial charge on any atom is 0.200 e. The molecular weight excluding hydrogens is 354 g/mol. The van der Waals surface area contributed by atoms with Crippen LogP contribution in [0.5, 0.6) is 0 Å². The van der Waals surface area contributed by atoms with Crippen molar-refractivity contribution in [3.8, 4) is 0 Å². The second-order valence-electron chi connectivity index (χ2n) is 4.13. The molecule has 1 heterocycles. The predicted molar refractivity (Wildman–Crippen MR) is 84.2 cm³/mol. The molecule has 0 bridgehead atoms. The minimum atomic E-state index is -0.337. The van der Waals surface area contributed by atoms with Crippen LogP contribution in [-0.4, -0.2) is 9.55 Å². The van der Waals surface area contributed by atoms with E-state index in [4.69, 9.17) is 0 Å². The molecule has 0 radical (unpaired) electrons. The zero-order valence-corrected chi connectivity index (χ0v) is 12.1. The van der Waals surface area contributed by atoms with E-state index < -0.39 is 0 Å². The number of aromatic nitrogens is 2. The summed E-state index contributed by atoms with van der Waals surface area (Å²) in [7, 11) is 0. The molecule has 0 saturated carbocycles. The minimum Gasteiger partial charge on any atom is -0.275 e. The molecule has 0 aliphatic rings. The molecular formula is C15H10FIN2. The zero-order valence-electron chi connectivity index (χ0n) is 9.92. The molecule has 2 nitrogen and oxygen atoms in total. The molecule has 1 aromatic heterocycles. The standard InChI is InChI=1S/C15H10FIN2/c16-15(9-11-4-3-5-12(17)8-11)19-10-18-13-6-1-2-7-14(13)19/h1-10H/b15-9-. The number of hydrogen-bond acceptors (Lipinski definition) is 1. The van der Waals surface area contributed by atoms with Crippen molar-refractivity contribution in [2.45, 2.75) is 0 Å². The van der Waals surface area contributed by atoms with Gasteiger partial charge in [0.15, 0.2) is 5.95 Å². The van der Waals surface area contributed by atoms with Gasteiger partial charge in [-0.25, -0.2) is 4.98 Å². The second-order valence-corrected chi connectivity index (χ2v) is 5.37. The third kappa shape index (κ3) is 2.53. The van der Waals surface area contributed by atoms with Gasteiger partial charge in [-0.1, -0.05) is 24.3 Å². The molecule has 2 aromatic carbocycles. The molecule has 0 fully saturated rings. The molecule has 0 N–H and O–H groups in total. The molecule has 0 aliphatic carbocycles. The summed E-state index contributed by atoms with van der Waals surface area (Å²) in [6, 6.07) is 15.2. The van der Waals surface area contributed by atoms with Crippen molar-refractivity contribution >= 4 is 45.7 Å². The van der Waals surface area contributed by atoms with E-state index in [-0.39, 0.29) is 5.95 Å². The van der Waals surface area contributed by atoms with Crippen LogP contribution in [0.25, 0.3) is 23.1 Å². The van der Waals surface area contributed by atoms with Gasteiger partial charge in [-0.15, -0.1) is 0 Å². The topological polar surface area (TPSA) is 17.8 Å². The number of benzene rings is 2. The van der Waals surface area contributed by atoms with Gasteiger partial charge in [0.1, 0.15) is 6.33 Å². The Hall–Kier alpha value is -1.69. The lowest BCUT2D eigenvalue weighted by molar-refractivity contribution is 0.700. The van der Waals surface area contributed by atoms with Crippen LogP contribution in [0.2, 0.25) is 0 Å². The average Bonchev–Trinajstić information content (AvgIpc) is 2.82. The predicted octanol–water partition coefficient (Wildman–Crippen LogP) is 4.57. The third-order valence-corrected chi connectivity index (χ3v) is 3.49. The van der Waals surface area contributed by atoms with Crippen molar-refractivity contribution in [3.05, 3.63) is 64.0 Å². The Labute approximate surface area is 123 Å². The van der Waals surface area contributed by atoms with Crippen molar-refractivity contribution < 1.29 is 4.39 Å². The fourth-order valence-corrected chi connectivity index (χ4v) is 2.50. The number of nitrogens with zero attached hydrogens (tertiary/aromatic N) is 2. The van der Waals surface area contributed by atoms with Crippen molar-refractivity contribution in [1.82, 2.24) is 9.55 Å². The summed E-state index contributed by atoms with van der Waals surface area (Å²) < 4.78 is 16.8. The number of imidazole rings is 1. The Morgan fingerprint density at radius 3 is 2.84 bits per heavy atom. The highest BCUT2D eigenvalue weighted by molar-refractivity contribution is 14.1. The van der Waals surface area contributed by atoms with E-state index in [0.717, 1.165) is 20.2 Å². The highest BCUT2D eigenvalue weighted by atomic mass is 127. The van der Waals surface area contributed by atoms with Crippen LogP contribution in [0.1, 0.15) is 5.56 Å². The normalized spacial score (nSPS) is 12.0. The quantitative estimate of drug-likeness (QED) is 0.610. The van der Waals surface area contributed by atoms with Crippen molar-refractivity contribution in [3.63, 3.8) is 0 Å². The number of fused-ring (bicyclic) bond motifs is 1. The Balaban J connectivity index is 2.06. The SMILES string of the molecule is F/C(=C/c1cccc(I)c1)n1cnc2ccccc21. The molecule has 0 amide bonds. The fourth-order valence-electron chi connectivity index (χ4n) is 1.93. The van der Waals surface area contributed by atoms with Gasteiger partial charge in [-0.2, -0.15) is 4.39 Å². The van der Waals surface area contributed by atoms with Crippen molar-refractivity contribution in [2.75, 3.05) is 0 Å². The molecule has 4 heteroatoms. The highest BCUT2D eigenvalue weighted by Gasteiger charge is 2.05. The van der Waals surface area contributed by atoms with Gasteiger partial charge in [0.05, 0.1) is 11.0 Å². The Morgan fingerprint density at radius 1 is 1.16 bits per heavy atom. The first-order chi connectivity index (χ1) is 9.24. The molecule has 0 atom stereocenters. The summed E-state index contributed by atoms with van der Waals surface area (Å²) in [5, 5.41) is 0. The largest absolute Gasteiger partial charge is 0.275 e. The fraction of sp³-hybridized carbons (Fsp3) is 0. The summed E-state index contributed by atoms with van der Waals surface area (Å²) in [6.07, 6.45) is 3.01. The van der Waals surface area contributed by atoms with Gasteiger partial charge in [0.2, 0.25) is 0 Å². The molecule has 0 aliphatic heterocycles. The monoisotopic (exact) mass is 364 g/mol. The van der Waals surface area contributed by atoms with E-state index in [0.29, 0.717) is 0 Å². The second kappa shape index (κ2) is 5.13. The first-order valence-corrected chi connectivity index (χ1v) is 6.87. The van der Waals surface area contributed by atoms with Crippen LogP contribution in [0.3, 0.4) is 0 Å². The summed E-state index contributed by atoms with van der Waals surface area (Å²) in [4.78, 5) is 4.18. The van der Waals surface area contributed by atoms with Crippen LogP contribution in [0.15, 0.2) is 54.9 Å². The Bertz CT molecular complexity index is 761. The minimum absolute atomic E-state index is 0.337. The number of hydrogen-bond donors (Lipinski definition) is 0. The maximum absolute atomic E-state index is 14.3. The van der Waals surface area contributed by atoms with E-state index in [1.165, 1.54) is 17.0 Å². The van der Waals surface area contributed by atoms with E-state index >= 15 is 0 Å². The van der Waals surface area contributed by atoms with Crippen LogP contribution >= 0.6 is 22.6 Å². The van der Waals surface area contributed by atoms with Crippen LogP contribution in [0, 0.1) is 3.57 Å². The van der Waals surface area contributed by atoms with E-state index in [2.05, 4.69) is 27.6 Å². The molecule has 0 spiro atoms. The van der Waals surface area contributed by atoms with Gasteiger partial charge in [0, 0.05) is 3.57 Å². The summed E-state index contributed by atoms with van der Waals surface area (Å²) in [6.45, 7) is 0. The van der Waals surface area contributed by atoms with E-state index in [1.54, 1.807) is 0 Å². The third-order valence-electron chi connectivity index (χ3n) is 2.82. The maximum atomic E-state index is 14.3. The molecule has 3 rings (SSSR count). The van der Waals surface area contributed by atoms with Crippen LogP contribution < -0.4 is 0 Å². The molecule has 0 unspecified atom stereocenters. The van der Waals surface area contributed by atoms with Crippen molar-refractivity contribution in [2.24, 2.45) is 0 Å². The van der Waals surface area contributed by atoms with Gasteiger partial charge in [0.25, 0.3) is 0 Å². The molecule has 94 valence electrons. The lowest BCUT2D eigenvalue weighted by Gasteiger charge is -2.01. The lowest BCUT2D eigenvalue weighted by atomic mass is 10.2. The van der Waals surface area contributed by atoms with Gasteiger partial charge < -0.3 is 0 Å². The number of halogens is 2. The summed E-state index contributed by atoms with van der Waals surface area (Å²) >= 11 is 2.21. The first kappa shape index (κ1) is 12.3. The van der Waals surface area contributed by atoms with Crippen LogP contribution in [-0.2, 0) is 0 Å². The molecule has 0 saturated heterocycles. The van der Waals surface area contributed by atoms with Crippen molar-refractivity contribution in [1.29, 1.82) is 0 Å². The molecule has 19 heavy (non-hydrogen) atoms. The van der Waals surface area contributed by atoms with Gasteiger partial charge in [-0.3, -0.25) is 4.57 Å². The number of rotatable bonds is 2. The van der Waals surface area contributed by atoms with Gasteiger partial charge in [-0.05, 0) is 58.5 Å². The first-order valence-electron chi connectivity index (χ1n) is 5.79. The summed E-state index contributed by atoms with van der Waals surface area (Å²) in [5.74, 6) is -0.337. The Morgan fingerprint density at radius 2 is 2.00 bits per heavy atom. The van der Waals surface area contributed by atoms with Gasteiger partial charge >= 0.3 is 0 Å². The summed E-state index contributed by atoms with van der Waals surface area (Å²) in [5.41, 5.74) is 2.39. The smallest absolute Gasteiger partial charge is 0.200 e. The lowest BCUT2D eigenvalue weighted by Crippen LogP contribution is -1.89. The highest BCUT2D eigenvalue weighted by Crippen LogP contribution is 2.20. The average molecular weight is 364 g/mol. The van der Waals surface area contributed by atoms with Crippen LogP contribution in [0.4, 0.5) is 4.39 Å². The van der Waals surface area contributed by atoms with E-state index in [1.807, 2.05) is 48.5 Å². The zero-order chi connectivity index (χ0) is 13.2. The Kier molecular flexibility index (Phi) is 3.33. The van der Waals surface area contributed by atoms with E-state index in [9.17, 15) is 4.39 Å².